The lowest BCUT2D eigenvalue weighted by molar-refractivity contribution is -0.113. The van der Waals surface area contributed by atoms with Gasteiger partial charge in [0.15, 0.2) is 11.0 Å². The van der Waals surface area contributed by atoms with E-state index in [1.165, 1.54) is 34.2 Å². The minimum absolute atomic E-state index is 0.0621. The van der Waals surface area contributed by atoms with Crippen LogP contribution in [0.2, 0.25) is 0 Å². The molecule has 0 aliphatic heterocycles. The van der Waals surface area contributed by atoms with Gasteiger partial charge < -0.3 is 5.32 Å². The van der Waals surface area contributed by atoms with Gasteiger partial charge >= 0.3 is 0 Å². The summed E-state index contributed by atoms with van der Waals surface area (Å²) in [5.41, 5.74) is 3.43. The maximum atomic E-state index is 12.7. The fourth-order valence-corrected chi connectivity index (χ4v) is 6.39. The Bertz CT molecular complexity index is 1320. The van der Waals surface area contributed by atoms with Gasteiger partial charge in [-0.3, -0.25) is 9.36 Å². The number of anilines is 1. The molecule has 7 heteroatoms. The van der Waals surface area contributed by atoms with E-state index >= 15 is 0 Å². The van der Waals surface area contributed by atoms with Crippen LogP contribution in [-0.4, -0.2) is 26.4 Å². The number of hydrogen-bond acceptors (Lipinski definition) is 5. The first kappa shape index (κ1) is 21.9. The first-order valence-electron chi connectivity index (χ1n) is 11.2. The molecule has 2 aromatic carbocycles. The van der Waals surface area contributed by atoms with Gasteiger partial charge in [0.25, 0.3) is 0 Å². The molecule has 1 unspecified atom stereocenters. The monoisotopic (exact) mass is 474 g/mol. The third kappa shape index (κ3) is 4.48. The van der Waals surface area contributed by atoms with Gasteiger partial charge in [0.1, 0.15) is 0 Å². The van der Waals surface area contributed by atoms with E-state index in [0.29, 0.717) is 6.54 Å². The van der Waals surface area contributed by atoms with E-state index in [0.717, 1.165) is 46.2 Å². The van der Waals surface area contributed by atoms with E-state index in [1.807, 2.05) is 59.9 Å². The minimum atomic E-state index is -0.0621. The van der Waals surface area contributed by atoms with Crippen LogP contribution >= 0.6 is 23.1 Å². The first-order valence-corrected chi connectivity index (χ1v) is 13.0. The third-order valence-corrected chi connectivity index (χ3v) is 8.09. The predicted molar refractivity (Wildman–Crippen MR) is 138 cm³/mol. The number of aromatic nitrogens is 3. The lowest BCUT2D eigenvalue weighted by Crippen LogP contribution is -2.15. The maximum Gasteiger partial charge on any atom is 0.234 e. The quantitative estimate of drug-likeness (QED) is 0.256. The molecule has 5 nitrogen and oxygen atoms in total. The molecule has 0 saturated carbocycles. The summed E-state index contributed by atoms with van der Waals surface area (Å²) in [5.74, 6) is 1.81. The molecular formula is C26H26N4OS2. The smallest absolute Gasteiger partial charge is 0.234 e. The normalized spacial score (nSPS) is 15.4. The Labute approximate surface area is 201 Å². The van der Waals surface area contributed by atoms with E-state index in [-0.39, 0.29) is 11.7 Å². The molecule has 2 heterocycles. The van der Waals surface area contributed by atoms with Crippen molar-refractivity contribution in [2.24, 2.45) is 5.92 Å². The van der Waals surface area contributed by atoms with Crippen LogP contribution in [0.4, 0.5) is 5.69 Å². The largest absolute Gasteiger partial charge is 0.325 e. The van der Waals surface area contributed by atoms with Gasteiger partial charge in [-0.1, -0.05) is 61.2 Å². The number of carbonyl (C=O) groups is 1. The van der Waals surface area contributed by atoms with Crippen LogP contribution in [0.15, 0.2) is 65.7 Å². The number of benzene rings is 2. The van der Waals surface area contributed by atoms with E-state index in [9.17, 15) is 4.79 Å². The van der Waals surface area contributed by atoms with E-state index in [2.05, 4.69) is 39.0 Å². The fraction of sp³-hybridized carbons (Fsp3) is 0.269. The van der Waals surface area contributed by atoms with Crippen LogP contribution in [0.3, 0.4) is 0 Å². The summed E-state index contributed by atoms with van der Waals surface area (Å²) < 4.78 is 2.07. The van der Waals surface area contributed by atoms with Crippen molar-refractivity contribution < 1.29 is 4.79 Å². The van der Waals surface area contributed by atoms with Crippen LogP contribution in [0.25, 0.3) is 22.2 Å². The molecule has 168 valence electrons. The molecule has 33 heavy (non-hydrogen) atoms. The van der Waals surface area contributed by atoms with E-state index < -0.39 is 0 Å². The molecule has 0 radical (unpaired) electrons. The molecule has 1 aliphatic carbocycles. The second-order valence-electron chi connectivity index (χ2n) is 8.47. The Morgan fingerprint density at radius 1 is 1.27 bits per heavy atom. The molecule has 0 fully saturated rings. The highest BCUT2D eigenvalue weighted by molar-refractivity contribution is 7.99. The number of carbonyl (C=O) groups excluding carboxylic acids is 1. The topological polar surface area (TPSA) is 59.8 Å². The van der Waals surface area contributed by atoms with Crippen molar-refractivity contribution in [3.8, 4) is 11.4 Å². The zero-order chi connectivity index (χ0) is 22.8. The van der Waals surface area contributed by atoms with Crippen molar-refractivity contribution in [2.75, 3.05) is 11.1 Å². The molecule has 5 rings (SSSR count). The second-order valence-corrected chi connectivity index (χ2v) is 10.4. The Kier molecular flexibility index (Phi) is 6.33. The Balaban J connectivity index is 1.34. The molecule has 1 N–H and O–H groups in total. The molecule has 0 saturated heterocycles. The van der Waals surface area contributed by atoms with Gasteiger partial charge in [0, 0.05) is 33.4 Å². The summed E-state index contributed by atoms with van der Waals surface area (Å²) >= 11 is 3.24. The number of rotatable bonds is 7. The van der Waals surface area contributed by atoms with Crippen molar-refractivity contribution in [1.29, 1.82) is 0 Å². The zero-order valence-electron chi connectivity index (χ0n) is 18.6. The number of nitrogens with one attached hydrogen (secondary N) is 1. The average molecular weight is 475 g/mol. The summed E-state index contributed by atoms with van der Waals surface area (Å²) in [5, 5.41) is 17.1. The van der Waals surface area contributed by atoms with Crippen LogP contribution in [0.1, 0.15) is 23.8 Å². The zero-order valence-corrected chi connectivity index (χ0v) is 20.2. The molecule has 1 amide bonds. The molecule has 0 spiro atoms. The first-order chi connectivity index (χ1) is 16.1. The maximum absolute atomic E-state index is 12.7. The average Bonchev–Trinajstić information content (AvgIpc) is 3.41. The Hall–Kier alpha value is -2.90. The summed E-state index contributed by atoms with van der Waals surface area (Å²) in [4.78, 5) is 14.2. The number of fused-ring (bicyclic) bond motifs is 2. The summed E-state index contributed by atoms with van der Waals surface area (Å²) in [6.07, 6.45) is 5.30. The van der Waals surface area contributed by atoms with Gasteiger partial charge in [-0.05, 0) is 42.2 Å². The van der Waals surface area contributed by atoms with Crippen LogP contribution < -0.4 is 5.32 Å². The Morgan fingerprint density at radius 3 is 3.00 bits per heavy atom. The highest BCUT2D eigenvalue weighted by Crippen LogP contribution is 2.38. The van der Waals surface area contributed by atoms with Gasteiger partial charge in [-0.15, -0.1) is 28.1 Å². The summed E-state index contributed by atoms with van der Waals surface area (Å²) in [6.45, 7) is 6.84. The SMILES string of the molecule is C=CCn1c(SCC(=O)Nc2cccc3ccccc23)nnc1-c1csc2c1CCC(C)C2. The van der Waals surface area contributed by atoms with Crippen LogP contribution in [-0.2, 0) is 24.2 Å². The highest BCUT2D eigenvalue weighted by atomic mass is 32.2. The van der Waals surface area contributed by atoms with Crippen LogP contribution in [0, 0.1) is 5.92 Å². The molecule has 1 atom stereocenters. The number of thioether (sulfide) groups is 1. The van der Waals surface area contributed by atoms with Gasteiger partial charge in [-0.2, -0.15) is 0 Å². The van der Waals surface area contributed by atoms with E-state index in [4.69, 9.17) is 0 Å². The minimum Gasteiger partial charge on any atom is -0.325 e. The highest BCUT2D eigenvalue weighted by Gasteiger charge is 2.24. The van der Waals surface area contributed by atoms with Crippen molar-refractivity contribution in [1.82, 2.24) is 14.8 Å². The number of nitrogens with zero attached hydrogens (tertiary/aromatic N) is 3. The van der Waals surface area contributed by atoms with Crippen molar-refractivity contribution in [2.45, 2.75) is 37.9 Å². The van der Waals surface area contributed by atoms with Gasteiger partial charge in [0.2, 0.25) is 5.91 Å². The number of amides is 1. The van der Waals surface area contributed by atoms with Gasteiger partial charge in [0.05, 0.1) is 5.75 Å². The number of hydrogen-bond donors (Lipinski definition) is 1. The summed E-state index contributed by atoms with van der Waals surface area (Å²) in [7, 11) is 0. The second kappa shape index (κ2) is 9.53. The number of thiophene rings is 1. The molecule has 2 aromatic heterocycles. The van der Waals surface area contributed by atoms with Crippen molar-refractivity contribution in [3.63, 3.8) is 0 Å². The standard InChI is InChI=1S/C26H26N4OS2/c1-3-13-30-25(21-15-32-23-14-17(2)11-12-20(21)23)28-29-26(30)33-16-24(31)27-22-10-6-8-18-7-4-5-9-19(18)22/h3-10,15,17H,1,11-14,16H2,2H3,(H,27,31). The third-order valence-electron chi connectivity index (χ3n) is 6.07. The lowest BCUT2D eigenvalue weighted by Gasteiger charge is -2.19. The molecule has 4 aromatic rings. The summed E-state index contributed by atoms with van der Waals surface area (Å²) in [6, 6.07) is 14.0. The lowest BCUT2D eigenvalue weighted by atomic mass is 9.88. The molecular weight excluding hydrogens is 448 g/mol. The molecule has 0 bridgehead atoms. The Morgan fingerprint density at radius 2 is 2.12 bits per heavy atom. The van der Waals surface area contributed by atoms with Gasteiger partial charge in [-0.25, -0.2) is 0 Å². The van der Waals surface area contributed by atoms with Crippen molar-refractivity contribution in [3.05, 3.63) is 70.9 Å². The molecule has 1 aliphatic rings. The predicted octanol–water partition coefficient (Wildman–Crippen LogP) is 6.20. The van der Waals surface area contributed by atoms with Crippen LogP contribution in [0.5, 0.6) is 0 Å². The van der Waals surface area contributed by atoms with E-state index in [1.54, 1.807) is 0 Å². The fourth-order valence-electron chi connectivity index (χ4n) is 4.40. The number of allylic oxidation sites excluding steroid dienone is 1. The van der Waals surface area contributed by atoms with Crippen molar-refractivity contribution >= 4 is 45.5 Å².